The highest BCUT2D eigenvalue weighted by Crippen LogP contribution is 2.19. The number of nitrogens with two attached hydrogens (primary N) is 1. The molecule has 0 aliphatic heterocycles. The maximum Gasteiger partial charge on any atom is 0.232 e. The van der Waals surface area contributed by atoms with Crippen molar-refractivity contribution in [2.75, 3.05) is 5.32 Å². The van der Waals surface area contributed by atoms with Gasteiger partial charge in [0.25, 0.3) is 0 Å². The molecule has 86 valence electrons. The van der Waals surface area contributed by atoms with E-state index in [0.29, 0.717) is 5.69 Å². The van der Waals surface area contributed by atoms with E-state index in [-0.39, 0.29) is 18.2 Å². The number of carbonyl (C=O) groups is 1. The van der Waals surface area contributed by atoms with E-state index in [1.165, 1.54) is 0 Å². The predicted molar refractivity (Wildman–Crippen MR) is 65.5 cm³/mol. The summed E-state index contributed by atoms with van der Waals surface area (Å²) >= 11 is 3.33. The molecule has 0 aliphatic carbocycles. The summed E-state index contributed by atoms with van der Waals surface area (Å²) in [5.41, 5.74) is 6.86. The van der Waals surface area contributed by atoms with Crippen LogP contribution < -0.4 is 11.1 Å². The fourth-order valence-corrected chi connectivity index (χ4v) is 1.64. The zero-order valence-electron chi connectivity index (χ0n) is 8.70. The molecule has 4 N–H and O–H groups in total. The van der Waals surface area contributed by atoms with Crippen molar-refractivity contribution in [1.29, 1.82) is 0 Å². The van der Waals surface area contributed by atoms with Crippen LogP contribution in [0.15, 0.2) is 27.8 Å². The van der Waals surface area contributed by atoms with E-state index in [4.69, 9.17) is 10.9 Å². The first-order valence-corrected chi connectivity index (χ1v) is 5.34. The topological polar surface area (TPSA) is 87.7 Å². The highest BCUT2D eigenvalue weighted by Gasteiger charge is 2.07. The molecule has 5 nitrogen and oxygen atoms in total. The second-order valence-corrected chi connectivity index (χ2v) is 4.19. The van der Waals surface area contributed by atoms with Crippen molar-refractivity contribution >= 4 is 33.4 Å². The molecule has 0 aromatic heterocycles. The van der Waals surface area contributed by atoms with Gasteiger partial charge in [-0.25, -0.2) is 0 Å². The van der Waals surface area contributed by atoms with E-state index in [1.807, 2.05) is 19.1 Å². The van der Waals surface area contributed by atoms with Crippen molar-refractivity contribution in [2.24, 2.45) is 10.9 Å². The molecule has 0 unspecified atom stereocenters. The van der Waals surface area contributed by atoms with Crippen LogP contribution in [0.5, 0.6) is 0 Å². The molecule has 16 heavy (non-hydrogen) atoms. The normalized spacial score (nSPS) is 11.2. The monoisotopic (exact) mass is 285 g/mol. The minimum atomic E-state index is -0.319. The summed E-state index contributed by atoms with van der Waals surface area (Å²) in [5.74, 6) is -0.437. The molecule has 1 aromatic rings. The minimum Gasteiger partial charge on any atom is -0.409 e. The Morgan fingerprint density at radius 3 is 2.88 bits per heavy atom. The van der Waals surface area contributed by atoms with Crippen LogP contribution in [0.25, 0.3) is 0 Å². The number of rotatable bonds is 3. The van der Waals surface area contributed by atoms with Crippen LogP contribution in [-0.4, -0.2) is 17.0 Å². The Labute approximate surface area is 101 Å². The van der Waals surface area contributed by atoms with Crippen LogP contribution in [0.1, 0.15) is 12.0 Å². The zero-order chi connectivity index (χ0) is 12.1. The number of halogens is 1. The number of nitrogens with one attached hydrogen (secondary N) is 1. The Hall–Kier alpha value is -1.56. The van der Waals surface area contributed by atoms with Gasteiger partial charge in [-0.05, 0) is 30.7 Å². The quantitative estimate of drug-likeness (QED) is 0.343. The summed E-state index contributed by atoms with van der Waals surface area (Å²) in [6.07, 6.45) is -0.133. The number of nitrogens with zero attached hydrogens (tertiary/aromatic N) is 1. The molecule has 1 aromatic carbocycles. The highest BCUT2D eigenvalue weighted by atomic mass is 79.9. The van der Waals surface area contributed by atoms with Crippen molar-refractivity contribution in [3.05, 3.63) is 28.2 Å². The maximum atomic E-state index is 11.4. The number of oxime groups is 1. The molecule has 0 aliphatic rings. The predicted octanol–water partition coefficient (Wildman–Crippen LogP) is 1.83. The van der Waals surface area contributed by atoms with E-state index < -0.39 is 0 Å². The number of hydrogen-bond donors (Lipinski definition) is 3. The van der Waals surface area contributed by atoms with Gasteiger partial charge in [-0.1, -0.05) is 21.1 Å². The fourth-order valence-electron chi connectivity index (χ4n) is 1.16. The summed E-state index contributed by atoms with van der Waals surface area (Å²) in [4.78, 5) is 11.4. The smallest absolute Gasteiger partial charge is 0.232 e. The first kappa shape index (κ1) is 12.5. The molecule has 1 amide bonds. The lowest BCUT2D eigenvalue weighted by Crippen LogP contribution is -2.22. The number of amides is 1. The second kappa shape index (κ2) is 5.50. The molecular weight excluding hydrogens is 274 g/mol. The van der Waals surface area contributed by atoms with E-state index in [1.54, 1.807) is 6.07 Å². The zero-order valence-corrected chi connectivity index (χ0v) is 10.3. The SMILES string of the molecule is Cc1cc(Br)ccc1NC(=O)C/C(N)=N/O. The summed E-state index contributed by atoms with van der Waals surface area (Å²) < 4.78 is 0.944. The average molecular weight is 286 g/mol. The van der Waals surface area contributed by atoms with Crippen LogP contribution in [0.4, 0.5) is 5.69 Å². The van der Waals surface area contributed by atoms with E-state index in [0.717, 1.165) is 10.0 Å². The van der Waals surface area contributed by atoms with Crippen LogP contribution in [0.2, 0.25) is 0 Å². The van der Waals surface area contributed by atoms with Gasteiger partial charge in [0.15, 0.2) is 0 Å². The standard InChI is InChI=1S/C10H12BrN3O2/c1-6-4-7(11)2-3-8(6)13-10(15)5-9(12)14-16/h2-4,16H,5H2,1H3,(H2,12,14)(H,13,15). The van der Waals surface area contributed by atoms with Crippen molar-refractivity contribution in [3.8, 4) is 0 Å². The summed E-state index contributed by atoms with van der Waals surface area (Å²) in [5, 5.41) is 13.7. The van der Waals surface area contributed by atoms with Crippen molar-refractivity contribution < 1.29 is 10.0 Å². The fraction of sp³-hybridized carbons (Fsp3) is 0.200. The molecule has 0 bridgehead atoms. The lowest BCUT2D eigenvalue weighted by molar-refractivity contribution is -0.115. The van der Waals surface area contributed by atoms with Crippen LogP contribution >= 0.6 is 15.9 Å². The molecule has 0 atom stereocenters. The number of amidine groups is 1. The Balaban J connectivity index is 2.70. The molecule has 0 fully saturated rings. The highest BCUT2D eigenvalue weighted by molar-refractivity contribution is 9.10. The second-order valence-electron chi connectivity index (χ2n) is 3.28. The van der Waals surface area contributed by atoms with Gasteiger partial charge in [0, 0.05) is 10.2 Å². The minimum absolute atomic E-state index is 0.118. The third-order valence-corrected chi connectivity index (χ3v) is 2.43. The third-order valence-electron chi connectivity index (χ3n) is 1.93. The van der Waals surface area contributed by atoms with Gasteiger partial charge in [0.1, 0.15) is 5.84 Å². The largest absolute Gasteiger partial charge is 0.409 e. The molecule has 0 spiro atoms. The Kier molecular flexibility index (Phi) is 4.30. The van der Waals surface area contributed by atoms with Crippen molar-refractivity contribution in [1.82, 2.24) is 0 Å². The number of carbonyl (C=O) groups excluding carboxylic acids is 1. The van der Waals surface area contributed by atoms with Crippen molar-refractivity contribution in [3.63, 3.8) is 0 Å². The first-order chi connectivity index (χ1) is 7.52. The molecule has 0 saturated heterocycles. The van der Waals surface area contributed by atoms with Crippen LogP contribution in [0.3, 0.4) is 0 Å². The third kappa shape index (κ3) is 3.54. The maximum absolute atomic E-state index is 11.4. The number of anilines is 1. The number of benzene rings is 1. The van der Waals surface area contributed by atoms with Gasteiger partial charge < -0.3 is 16.3 Å². The lowest BCUT2D eigenvalue weighted by atomic mass is 10.2. The van der Waals surface area contributed by atoms with Gasteiger partial charge in [-0.2, -0.15) is 0 Å². The number of aryl methyl sites for hydroxylation is 1. The summed E-state index contributed by atoms with van der Waals surface area (Å²) in [7, 11) is 0. The molecule has 6 heteroatoms. The van der Waals surface area contributed by atoms with Crippen LogP contribution in [-0.2, 0) is 4.79 Å². The molecule has 1 rings (SSSR count). The van der Waals surface area contributed by atoms with Gasteiger partial charge in [-0.3, -0.25) is 4.79 Å². The van der Waals surface area contributed by atoms with Gasteiger partial charge in [-0.15, -0.1) is 0 Å². The van der Waals surface area contributed by atoms with Gasteiger partial charge in [0.05, 0.1) is 6.42 Å². The summed E-state index contributed by atoms with van der Waals surface area (Å²) in [6.45, 7) is 1.88. The molecular formula is C10H12BrN3O2. The molecule has 0 radical (unpaired) electrons. The van der Waals surface area contributed by atoms with E-state index in [9.17, 15) is 4.79 Å². The van der Waals surface area contributed by atoms with E-state index >= 15 is 0 Å². The van der Waals surface area contributed by atoms with E-state index in [2.05, 4.69) is 26.4 Å². The van der Waals surface area contributed by atoms with Crippen molar-refractivity contribution in [2.45, 2.75) is 13.3 Å². The molecule has 0 heterocycles. The lowest BCUT2D eigenvalue weighted by Gasteiger charge is -2.08. The van der Waals surface area contributed by atoms with Gasteiger partial charge in [0.2, 0.25) is 5.91 Å². The molecule has 0 saturated carbocycles. The van der Waals surface area contributed by atoms with Gasteiger partial charge >= 0.3 is 0 Å². The Morgan fingerprint density at radius 1 is 1.62 bits per heavy atom. The Morgan fingerprint density at radius 2 is 2.31 bits per heavy atom. The summed E-state index contributed by atoms with van der Waals surface area (Å²) in [6, 6.07) is 5.49. The number of hydrogen-bond acceptors (Lipinski definition) is 3. The van der Waals surface area contributed by atoms with Crippen LogP contribution in [0, 0.1) is 6.92 Å². The Bertz CT molecular complexity index is 432. The average Bonchev–Trinajstić information content (AvgIpc) is 2.22. The first-order valence-electron chi connectivity index (χ1n) is 4.55.